The van der Waals surface area contributed by atoms with Gasteiger partial charge in [-0.25, -0.2) is 0 Å². The second-order valence-electron chi connectivity index (χ2n) is 4.05. The van der Waals surface area contributed by atoms with Crippen LogP contribution in [0.1, 0.15) is 33.2 Å². The van der Waals surface area contributed by atoms with E-state index in [0.717, 1.165) is 12.0 Å². The molecule has 2 rings (SSSR count). The fraction of sp³-hybridized carbons (Fsp3) is 0.400. The van der Waals surface area contributed by atoms with Crippen LogP contribution in [-0.2, 0) is 0 Å². The highest BCUT2D eigenvalue weighted by Gasteiger charge is 2.35. The maximum Gasteiger partial charge on any atom is 0.265 e. The van der Waals surface area contributed by atoms with Gasteiger partial charge in [-0.2, -0.15) is 0 Å². The van der Waals surface area contributed by atoms with Crippen molar-refractivity contribution >= 4 is 29.2 Å². The van der Waals surface area contributed by atoms with Gasteiger partial charge in [-0.3, -0.25) is 9.59 Å². The normalized spacial score (nSPS) is 18.3. The molecule has 5 heteroatoms. The standard InChI is InChI=1S/C10H12N2O2S/c1-10(2)11-9(14)8-7(12(10)3)4-6(5-13)15-8/h4-5H,1-3H3,(H,11,14). The van der Waals surface area contributed by atoms with Gasteiger partial charge in [-0.1, -0.05) is 0 Å². The van der Waals surface area contributed by atoms with Crippen LogP contribution >= 0.6 is 11.3 Å². The number of aldehydes is 1. The third kappa shape index (κ3) is 1.43. The molecule has 1 aliphatic heterocycles. The lowest BCUT2D eigenvalue weighted by molar-refractivity contribution is 0.0905. The molecule has 80 valence electrons. The largest absolute Gasteiger partial charge is 0.351 e. The molecule has 0 unspecified atom stereocenters. The summed E-state index contributed by atoms with van der Waals surface area (Å²) in [6, 6.07) is 1.76. The zero-order chi connectivity index (χ0) is 11.2. The number of nitrogens with one attached hydrogen (secondary N) is 1. The second-order valence-corrected chi connectivity index (χ2v) is 5.14. The third-order valence-electron chi connectivity index (χ3n) is 2.67. The highest BCUT2D eigenvalue weighted by Crippen LogP contribution is 2.35. The summed E-state index contributed by atoms with van der Waals surface area (Å²) in [5, 5.41) is 2.88. The quantitative estimate of drug-likeness (QED) is 0.735. The molecule has 4 nitrogen and oxygen atoms in total. The summed E-state index contributed by atoms with van der Waals surface area (Å²) in [4.78, 5) is 25.6. The summed E-state index contributed by atoms with van der Waals surface area (Å²) in [5.74, 6) is -0.105. The molecule has 0 atom stereocenters. The summed E-state index contributed by atoms with van der Waals surface area (Å²) >= 11 is 1.23. The molecule has 15 heavy (non-hydrogen) atoms. The van der Waals surface area contributed by atoms with Gasteiger partial charge in [0.2, 0.25) is 0 Å². The summed E-state index contributed by atoms with van der Waals surface area (Å²) in [6.45, 7) is 3.85. The van der Waals surface area contributed by atoms with Crippen molar-refractivity contribution in [2.45, 2.75) is 19.5 Å². The van der Waals surface area contributed by atoms with Crippen LogP contribution in [0.2, 0.25) is 0 Å². The van der Waals surface area contributed by atoms with Crippen LogP contribution in [0.5, 0.6) is 0 Å². The van der Waals surface area contributed by atoms with E-state index in [4.69, 9.17) is 0 Å². The first-order chi connectivity index (χ1) is 6.95. The number of fused-ring (bicyclic) bond motifs is 1. The third-order valence-corrected chi connectivity index (χ3v) is 3.72. The number of amides is 1. The minimum atomic E-state index is -0.411. The predicted molar refractivity (Wildman–Crippen MR) is 59.7 cm³/mol. The van der Waals surface area contributed by atoms with Gasteiger partial charge < -0.3 is 10.2 Å². The Kier molecular flexibility index (Phi) is 2.08. The first-order valence-electron chi connectivity index (χ1n) is 4.61. The van der Waals surface area contributed by atoms with Crippen molar-refractivity contribution in [3.63, 3.8) is 0 Å². The first kappa shape index (κ1) is 10.2. The molecule has 1 N–H and O–H groups in total. The number of anilines is 1. The van der Waals surface area contributed by atoms with Crippen molar-refractivity contribution in [1.82, 2.24) is 5.32 Å². The Morgan fingerprint density at radius 1 is 1.53 bits per heavy atom. The van der Waals surface area contributed by atoms with Crippen molar-refractivity contribution in [3.05, 3.63) is 15.8 Å². The molecule has 1 aliphatic rings. The van der Waals surface area contributed by atoms with Crippen molar-refractivity contribution in [3.8, 4) is 0 Å². The van der Waals surface area contributed by atoms with Gasteiger partial charge >= 0.3 is 0 Å². The van der Waals surface area contributed by atoms with Crippen LogP contribution < -0.4 is 10.2 Å². The molecule has 0 fully saturated rings. The Hall–Kier alpha value is -1.36. The number of carbonyl (C=O) groups is 2. The minimum Gasteiger partial charge on any atom is -0.351 e. The van der Waals surface area contributed by atoms with E-state index < -0.39 is 5.66 Å². The molecule has 1 aromatic rings. The summed E-state index contributed by atoms with van der Waals surface area (Å²) in [7, 11) is 1.90. The summed E-state index contributed by atoms with van der Waals surface area (Å²) in [6.07, 6.45) is 0.775. The van der Waals surface area contributed by atoms with Gasteiger partial charge in [0, 0.05) is 7.05 Å². The lowest BCUT2D eigenvalue weighted by Crippen LogP contribution is -2.58. The van der Waals surface area contributed by atoms with E-state index in [2.05, 4.69) is 5.32 Å². The molecule has 0 spiro atoms. The van der Waals surface area contributed by atoms with E-state index in [-0.39, 0.29) is 5.91 Å². The van der Waals surface area contributed by atoms with Crippen molar-refractivity contribution in [2.24, 2.45) is 0 Å². The van der Waals surface area contributed by atoms with Gasteiger partial charge in [0.25, 0.3) is 5.91 Å². The average Bonchev–Trinajstić information content (AvgIpc) is 2.58. The number of rotatable bonds is 1. The number of hydrogen-bond donors (Lipinski definition) is 1. The van der Waals surface area contributed by atoms with Crippen molar-refractivity contribution < 1.29 is 9.59 Å². The van der Waals surface area contributed by atoms with Crippen molar-refractivity contribution in [2.75, 3.05) is 11.9 Å². The second kappa shape index (κ2) is 3.06. The van der Waals surface area contributed by atoms with E-state index in [1.54, 1.807) is 6.07 Å². The number of hydrogen-bond acceptors (Lipinski definition) is 4. The van der Waals surface area contributed by atoms with E-state index in [1.165, 1.54) is 11.3 Å². The van der Waals surface area contributed by atoms with E-state index >= 15 is 0 Å². The van der Waals surface area contributed by atoms with Crippen LogP contribution in [0.4, 0.5) is 5.69 Å². The lowest BCUT2D eigenvalue weighted by atomic mass is 10.1. The fourth-order valence-electron chi connectivity index (χ4n) is 1.59. The number of thiophene rings is 1. The Labute approximate surface area is 91.9 Å². The van der Waals surface area contributed by atoms with Gasteiger partial charge in [-0.15, -0.1) is 11.3 Å². The van der Waals surface area contributed by atoms with Gasteiger partial charge in [0.1, 0.15) is 10.5 Å². The summed E-state index contributed by atoms with van der Waals surface area (Å²) < 4.78 is 0. The molecule has 1 amide bonds. The molecule has 0 aliphatic carbocycles. The van der Waals surface area contributed by atoms with E-state index in [0.29, 0.717) is 9.75 Å². The molecule has 0 aromatic carbocycles. The minimum absolute atomic E-state index is 0.105. The van der Waals surface area contributed by atoms with Crippen LogP contribution in [0, 0.1) is 0 Å². The maximum absolute atomic E-state index is 11.7. The van der Waals surface area contributed by atoms with Crippen LogP contribution in [-0.4, -0.2) is 24.9 Å². The molecule has 0 saturated carbocycles. The molecular formula is C10H12N2O2S. The van der Waals surface area contributed by atoms with E-state index in [1.807, 2.05) is 25.8 Å². The first-order valence-corrected chi connectivity index (χ1v) is 5.43. The highest BCUT2D eigenvalue weighted by molar-refractivity contribution is 7.16. The summed E-state index contributed by atoms with van der Waals surface area (Å²) in [5.41, 5.74) is 0.418. The Morgan fingerprint density at radius 3 is 2.80 bits per heavy atom. The molecule has 0 bridgehead atoms. The Morgan fingerprint density at radius 2 is 2.20 bits per heavy atom. The van der Waals surface area contributed by atoms with Crippen LogP contribution in [0.3, 0.4) is 0 Å². The number of carbonyl (C=O) groups excluding carboxylic acids is 2. The van der Waals surface area contributed by atoms with Crippen LogP contribution in [0.15, 0.2) is 6.07 Å². The predicted octanol–water partition coefficient (Wildman–Crippen LogP) is 1.48. The smallest absolute Gasteiger partial charge is 0.265 e. The average molecular weight is 224 g/mol. The zero-order valence-electron chi connectivity index (χ0n) is 8.83. The highest BCUT2D eigenvalue weighted by atomic mass is 32.1. The molecule has 2 heterocycles. The van der Waals surface area contributed by atoms with Gasteiger partial charge in [-0.05, 0) is 19.9 Å². The maximum atomic E-state index is 11.7. The van der Waals surface area contributed by atoms with Crippen molar-refractivity contribution in [1.29, 1.82) is 0 Å². The monoisotopic (exact) mass is 224 g/mol. The van der Waals surface area contributed by atoms with Gasteiger partial charge in [0.15, 0.2) is 6.29 Å². The topological polar surface area (TPSA) is 49.4 Å². The lowest BCUT2D eigenvalue weighted by Gasteiger charge is -2.41. The Bertz CT molecular complexity index is 437. The van der Waals surface area contributed by atoms with E-state index in [9.17, 15) is 9.59 Å². The zero-order valence-corrected chi connectivity index (χ0v) is 9.64. The SMILES string of the molecule is CN1c2cc(C=O)sc2C(=O)NC1(C)C. The fourth-order valence-corrected chi connectivity index (χ4v) is 2.49. The molecule has 1 aromatic heterocycles. The molecule has 0 saturated heterocycles. The van der Waals surface area contributed by atoms with Crippen LogP contribution in [0.25, 0.3) is 0 Å². The Balaban J connectivity index is 2.56. The molecular weight excluding hydrogens is 212 g/mol. The molecule has 0 radical (unpaired) electrons. The number of nitrogens with zero attached hydrogens (tertiary/aromatic N) is 1. The van der Waals surface area contributed by atoms with Gasteiger partial charge in [0.05, 0.1) is 10.6 Å².